The quantitative estimate of drug-likeness (QED) is 0.438. The predicted octanol–water partition coefficient (Wildman–Crippen LogP) is 1.10. The number of aromatic amines is 1. The molecule has 0 saturated heterocycles. The monoisotopic (exact) mass is 271 g/mol. The number of rotatable bonds is 4. The fraction of sp³-hybridized carbons (Fsp3) is 0.300. The molecule has 7 nitrogen and oxygen atoms in total. The number of nitro groups is 1. The molecule has 2 rings (SSSR count). The number of aliphatic hydroxyl groups excluding tert-OH is 2. The van der Waals surface area contributed by atoms with Crippen molar-refractivity contribution >= 4 is 28.2 Å². The first kappa shape index (κ1) is 12.7. The number of halogens is 1. The van der Waals surface area contributed by atoms with Crippen molar-refractivity contribution in [1.82, 2.24) is 10.2 Å². The smallest absolute Gasteiger partial charge is 0.270 e. The van der Waals surface area contributed by atoms with Crippen molar-refractivity contribution in [3.63, 3.8) is 0 Å². The second-order valence-electron chi connectivity index (χ2n) is 3.76. The van der Waals surface area contributed by atoms with Gasteiger partial charge in [-0.2, -0.15) is 5.10 Å². The van der Waals surface area contributed by atoms with Crippen LogP contribution in [-0.2, 0) is 0 Å². The zero-order valence-electron chi connectivity index (χ0n) is 9.08. The summed E-state index contributed by atoms with van der Waals surface area (Å²) in [6.07, 6.45) is -2.44. The molecule has 0 amide bonds. The summed E-state index contributed by atoms with van der Waals surface area (Å²) in [4.78, 5) is 10.1. The van der Waals surface area contributed by atoms with E-state index >= 15 is 0 Å². The van der Waals surface area contributed by atoms with E-state index in [-0.39, 0.29) is 17.3 Å². The van der Waals surface area contributed by atoms with Crippen molar-refractivity contribution in [3.8, 4) is 0 Å². The molecule has 3 N–H and O–H groups in total. The van der Waals surface area contributed by atoms with E-state index in [9.17, 15) is 20.3 Å². The minimum Gasteiger partial charge on any atom is -0.389 e. The number of nitrogens with zero attached hydrogens (tertiary/aromatic N) is 2. The van der Waals surface area contributed by atoms with Crippen LogP contribution in [0.3, 0.4) is 0 Å². The fourth-order valence-electron chi connectivity index (χ4n) is 1.63. The van der Waals surface area contributed by atoms with Gasteiger partial charge in [-0.1, -0.05) is 0 Å². The van der Waals surface area contributed by atoms with Crippen molar-refractivity contribution in [3.05, 3.63) is 34.0 Å². The highest BCUT2D eigenvalue weighted by Crippen LogP contribution is 2.27. The number of nitro benzene ring substituents is 1. The van der Waals surface area contributed by atoms with E-state index in [1.54, 1.807) is 0 Å². The van der Waals surface area contributed by atoms with Gasteiger partial charge in [0.25, 0.3) is 5.69 Å². The van der Waals surface area contributed by atoms with Crippen LogP contribution in [0.5, 0.6) is 0 Å². The summed E-state index contributed by atoms with van der Waals surface area (Å²) in [6.45, 7) is 0. The molecule has 0 spiro atoms. The predicted molar refractivity (Wildman–Crippen MR) is 64.4 cm³/mol. The highest BCUT2D eigenvalue weighted by Gasteiger charge is 2.22. The van der Waals surface area contributed by atoms with Gasteiger partial charge in [-0.15, -0.1) is 11.6 Å². The minimum atomic E-state index is -1.27. The van der Waals surface area contributed by atoms with Gasteiger partial charge in [0.05, 0.1) is 28.1 Å². The maximum absolute atomic E-state index is 10.7. The van der Waals surface area contributed by atoms with Crippen molar-refractivity contribution in [2.24, 2.45) is 0 Å². The second-order valence-corrected chi connectivity index (χ2v) is 4.07. The molecule has 2 unspecified atom stereocenters. The summed E-state index contributed by atoms with van der Waals surface area (Å²) < 4.78 is 0. The Bertz CT molecular complexity index is 586. The van der Waals surface area contributed by atoms with Gasteiger partial charge in [-0.05, 0) is 6.07 Å². The lowest BCUT2D eigenvalue weighted by Crippen LogP contribution is -2.20. The van der Waals surface area contributed by atoms with Crippen LogP contribution in [0.25, 0.3) is 10.9 Å². The number of hydrogen-bond acceptors (Lipinski definition) is 5. The Morgan fingerprint density at radius 2 is 2.22 bits per heavy atom. The summed E-state index contributed by atoms with van der Waals surface area (Å²) in [7, 11) is 0. The number of benzene rings is 1. The lowest BCUT2D eigenvalue weighted by molar-refractivity contribution is -0.384. The van der Waals surface area contributed by atoms with Crippen LogP contribution in [0, 0.1) is 10.1 Å². The first-order chi connectivity index (χ1) is 8.54. The van der Waals surface area contributed by atoms with Crippen molar-refractivity contribution in [2.45, 2.75) is 12.2 Å². The Balaban J connectivity index is 2.51. The number of alkyl halides is 1. The van der Waals surface area contributed by atoms with E-state index in [0.29, 0.717) is 10.9 Å². The van der Waals surface area contributed by atoms with Crippen LogP contribution in [0.15, 0.2) is 18.2 Å². The topological polar surface area (TPSA) is 112 Å². The van der Waals surface area contributed by atoms with Crippen molar-refractivity contribution < 1.29 is 15.1 Å². The van der Waals surface area contributed by atoms with Crippen molar-refractivity contribution in [2.75, 3.05) is 5.88 Å². The summed E-state index contributed by atoms with van der Waals surface area (Å²) in [6, 6.07) is 4.07. The van der Waals surface area contributed by atoms with Gasteiger partial charge < -0.3 is 10.2 Å². The molecule has 0 aliphatic heterocycles. The van der Waals surface area contributed by atoms with Crippen LogP contribution >= 0.6 is 11.6 Å². The van der Waals surface area contributed by atoms with Crippen molar-refractivity contribution in [1.29, 1.82) is 0 Å². The van der Waals surface area contributed by atoms with Gasteiger partial charge in [-0.25, -0.2) is 0 Å². The summed E-state index contributed by atoms with van der Waals surface area (Å²) in [5.74, 6) is -0.156. The number of fused-ring (bicyclic) bond motifs is 1. The fourth-order valence-corrected chi connectivity index (χ4v) is 1.80. The van der Waals surface area contributed by atoms with Gasteiger partial charge in [0.15, 0.2) is 0 Å². The van der Waals surface area contributed by atoms with E-state index < -0.39 is 17.1 Å². The summed E-state index contributed by atoms with van der Waals surface area (Å²) in [5, 5.41) is 36.8. The Morgan fingerprint density at radius 3 is 2.83 bits per heavy atom. The third-order valence-corrected chi connectivity index (χ3v) is 2.91. The van der Waals surface area contributed by atoms with Gasteiger partial charge in [0.2, 0.25) is 0 Å². The average molecular weight is 272 g/mol. The highest BCUT2D eigenvalue weighted by molar-refractivity contribution is 6.18. The molecular formula is C10H10ClN3O4. The van der Waals surface area contributed by atoms with Gasteiger partial charge in [-0.3, -0.25) is 15.2 Å². The zero-order valence-corrected chi connectivity index (χ0v) is 9.83. The lowest BCUT2D eigenvalue weighted by Gasteiger charge is -2.13. The third kappa shape index (κ3) is 2.15. The third-order valence-electron chi connectivity index (χ3n) is 2.60. The second kappa shape index (κ2) is 4.89. The molecule has 0 aliphatic rings. The Labute approximate surface area is 106 Å². The highest BCUT2D eigenvalue weighted by atomic mass is 35.5. The molecule has 2 aromatic rings. The first-order valence-corrected chi connectivity index (χ1v) is 5.62. The van der Waals surface area contributed by atoms with Crippen LogP contribution in [0.4, 0.5) is 5.69 Å². The Morgan fingerprint density at radius 1 is 1.50 bits per heavy atom. The van der Waals surface area contributed by atoms with Gasteiger partial charge >= 0.3 is 0 Å². The molecular weight excluding hydrogens is 262 g/mol. The number of hydrogen-bond donors (Lipinski definition) is 3. The van der Waals surface area contributed by atoms with Crippen LogP contribution < -0.4 is 0 Å². The number of non-ortho nitro benzene ring substituents is 1. The molecule has 18 heavy (non-hydrogen) atoms. The van der Waals surface area contributed by atoms with Gasteiger partial charge in [0, 0.05) is 17.5 Å². The molecule has 0 radical (unpaired) electrons. The maximum Gasteiger partial charge on any atom is 0.270 e. The molecule has 0 fully saturated rings. The molecule has 2 atom stereocenters. The van der Waals surface area contributed by atoms with E-state index in [4.69, 9.17) is 11.6 Å². The van der Waals surface area contributed by atoms with E-state index in [1.165, 1.54) is 18.2 Å². The van der Waals surface area contributed by atoms with E-state index in [0.717, 1.165) is 0 Å². The van der Waals surface area contributed by atoms with E-state index in [2.05, 4.69) is 10.2 Å². The van der Waals surface area contributed by atoms with Gasteiger partial charge in [0.1, 0.15) is 6.10 Å². The molecule has 8 heteroatoms. The molecule has 1 heterocycles. The van der Waals surface area contributed by atoms with Crippen LogP contribution in [-0.4, -0.2) is 37.3 Å². The van der Waals surface area contributed by atoms with Crippen LogP contribution in [0.2, 0.25) is 0 Å². The molecule has 1 aromatic heterocycles. The molecule has 0 bridgehead atoms. The normalized spacial score (nSPS) is 14.6. The van der Waals surface area contributed by atoms with E-state index in [1.807, 2.05) is 0 Å². The first-order valence-electron chi connectivity index (χ1n) is 5.09. The number of aromatic nitrogens is 2. The standard InChI is InChI=1S/C10H10ClN3O4/c11-4-8(15)10(16)9-6-3-5(14(17)18)1-2-7(6)12-13-9/h1-3,8,10,15-16H,4H2,(H,12,13). The number of aliphatic hydroxyl groups is 2. The summed E-state index contributed by atoms with van der Waals surface area (Å²) in [5.41, 5.74) is 0.566. The summed E-state index contributed by atoms with van der Waals surface area (Å²) >= 11 is 5.44. The molecule has 96 valence electrons. The Kier molecular flexibility index (Phi) is 3.46. The Hall–Kier alpha value is -1.70. The molecule has 0 aliphatic carbocycles. The molecule has 0 saturated carbocycles. The minimum absolute atomic E-state index is 0.113. The SMILES string of the molecule is O=[N+]([O-])c1ccc2n[nH]c(C(O)C(O)CCl)c2c1. The van der Waals surface area contributed by atoms with Crippen LogP contribution in [0.1, 0.15) is 11.8 Å². The lowest BCUT2D eigenvalue weighted by atomic mass is 10.1. The number of H-pyrrole nitrogens is 1. The maximum atomic E-state index is 10.7. The largest absolute Gasteiger partial charge is 0.389 e. The average Bonchev–Trinajstić information content (AvgIpc) is 2.79. The zero-order chi connectivity index (χ0) is 13.3. The number of nitrogens with one attached hydrogen (secondary N) is 1. The molecule has 1 aromatic carbocycles.